The van der Waals surface area contributed by atoms with Crippen molar-refractivity contribution >= 4 is 29.8 Å². The summed E-state index contributed by atoms with van der Waals surface area (Å²) < 4.78 is 66.2. The van der Waals surface area contributed by atoms with Gasteiger partial charge in [0.05, 0.1) is 12.2 Å². The molecule has 0 bridgehead atoms. The lowest BCUT2D eigenvalue weighted by atomic mass is 9.92. The largest absolute Gasteiger partial charge is 0.463 e. The van der Waals surface area contributed by atoms with Crippen molar-refractivity contribution in [3.8, 4) is 0 Å². The highest BCUT2D eigenvalue weighted by molar-refractivity contribution is 5.70. The Kier molecular flexibility index (Phi) is 8.48. The molecule has 2 unspecified atom stereocenters. The normalized spacial score (nSPS) is 30.0. The van der Waals surface area contributed by atoms with Crippen LogP contribution in [-0.2, 0) is 57.1 Å². The Bertz CT molecular complexity index is 822. The minimum Gasteiger partial charge on any atom is -0.463 e. The van der Waals surface area contributed by atoms with Crippen LogP contribution >= 0.6 is 0 Å². The van der Waals surface area contributed by atoms with E-state index in [1.807, 2.05) is 0 Å². The van der Waals surface area contributed by atoms with Gasteiger partial charge in [0.1, 0.15) is 19.3 Å². The van der Waals surface area contributed by atoms with E-state index in [4.69, 9.17) is 38.6 Å². The molecule has 192 valence electrons. The van der Waals surface area contributed by atoms with Crippen LogP contribution in [-0.4, -0.2) is 86.3 Å². The summed E-state index contributed by atoms with van der Waals surface area (Å²) in [5.41, 5.74) is 0. The molecule has 0 N–H and O–H groups in total. The van der Waals surface area contributed by atoms with Crippen LogP contribution in [0.5, 0.6) is 0 Å². The molecule has 2 fully saturated rings. The molecule has 0 spiro atoms. The lowest BCUT2D eigenvalue weighted by Gasteiger charge is -2.44. The third-order valence-electron chi connectivity index (χ3n) is 5.03. The van der Waals surface area contributed by atoms with Gasteiger partial charge in [0.2, 0.25) is 0 Å². The van der Waals surface area contributed by atoms with Gasteiger partial charge >= 0.3 is 29.8 Å². The summed E-state index contributed by atoms with van der Waals surface area (Å²) in [5, 5.41) is 0. The maximum Gasteiger partial charge on any atom is 0.305 e. The molecule has 0 aromatic heterocycles. The zero-order valence-electron chi connectivity index (χ0n) is 22.6. The van der Waals surface area contributed by atoms with Crippen LogP contribution in [0.4, 0.5) is 0 Å². The number of hydrogen-bond acceptors (Lipinski definition) is 12. The number of carbonyl (C=O) groups excluding carboxylic acids is 5. The van der Waals surface area contributed by atoms with Gasteiger partial charge < -0.3 is 33.2 Å². The standard InChI is InChI=1S/C22H32O12/c1-12(23)29-11-18-21(32-14(3)25)22(33-15(4)26)20(31-13(2)24)17(34-18)7-8-19(27)30-10-16-6-5-9-28-16/h16-18,20-22H,5-11H2,1-4H3/t16?,17?,18-,20+,21-,22-/m1/s1/i1D,2D,3D,4D. The van der Waals surface area contributed by atoms with Gasteiger partial charge in [-0.2, -0.15) is 0 Å². The summed E-state index contributed by atoms with van der Waals surface area (Å²) >= 11 is 0. The van der Waals surface area contributed by atoms with E-state index in [-0.39, 0.29) is 25.6 Å². The van der Waals surface area contributed by atoms with Crippen molar-refractivity contribution in [2.24, 2.45) is 0 Å². The van der Waals surface area contributed by atoms with Crippen LogP contribution in [0.25, 0.3) is 0 Å². The predicted molar refractivity (Wildman–Crippen MR) is 111 cm³/mol. The first-order valence-corrected chi connectivity index (χ1v) is 10.6. The van der Waals surface area contributed by atoms with E-state index in [9.17, 15) is 24.0 Å². The highest BCUT2D eigenvalue weighted by Crippen LogP contribution is 2.31. The van der Waals surface area contributed by atoms with Crippen LogP contribution in [0.2, 0.25) is 0 Å². The molecule has 12 heteroatoms. The fourth-order valence-electron chi connectivity index (χ4n) is 3.70. The summed E-state index contributed by atoms with van der Waals surface area (Å²) in [7, 11) is 0. The van der Waals surface area contributed by atoms with Gasteiger partial charge in [-0.05, 0) is 19.3 Å². The van der Waals surface area contributed by atoms with Gasteiger partial charge in [-0.3, -0.25) is 24.0 Å². The molecule has 0 saturated carbocycles. The van der Waals surface area contributed by atoms with Gasteiger partial charge in [0.25, 0.3) is 0 Å². The van der Waals surface area contributed by atoms with E-state index >= 15 is 0 Å². The smallest absolute Gasteiger partial charge is 0.305 e. The van der Waals surface area contributed by atoms with Gasteiger partial charge in [0, 0.05) is 46.1 Å². The van der Waals surface area contributed by atoms with E-state index in [1.54, 1.807) is 0 Å². The summed E-state index contributed by atoms with van der Waals surface area (Å²) in [4.78, 5) is 60.1. The Morgan fingerprint density at radius 2 is 1.41 bits per heavy atom. The average molecular weight is 493 g/mol. The van der Waals surface area contributed by atoms with Crippen molar-refractivity contribution in [1.82, 2.24) is 0 Å². The summed E-state index contributed by atoms with van der Waals surface area (Å²) in [6, 6.07) is 0. The molecule has 6 atom stereocenters. The van der Waals surface area contributed by atoms with Crippen molar-refractivity contribution in [1.29, 1.82) is 0 Å². The molecule has 0 aromatic rings. The van der Waals surface area contributed by atoms with Crippen LogP contribution in [0.15, 0.2) is 0 Å². The summed E-state index contributed by atoms with van der Waals surface area (Å²) in [6.45, 7) is -3.12. The van der Waals surface area contributed by atoms with E-state index in [1.165, 1.54) is 0 Å². The lowest BCUT2D eigenvalue weighted by molar-refractivity contribution is -0.253. The molecule has 0 aromatic carbocycles. The van der Waals surface area contributed by atoms with Crippen molar-refractivity contribution in [2.75, 3.05) is 19.8 Å². The third-order valence-corrected chi connectivity index (χ3v) is 5.03. The zero-order chi connectivity index (χ0) is 28.1. The van der Waals surface area contributed by atoms with Gasteiger partial charge in [-0.1, -0.05) is 0 Å². The molecule has 2 heterocycles. The number of hydrogen-bond donors (Lipinski definition) is 0. The molecule has 0 amide bonds. The van der Waals surface area contributed by atoms with E-state index in [0.29, 0.717) is 6.61 Å². The van der Waals surface area contributed by atoms with Crippen LogP contribution in [0.1, 0.15) is 58.8 Å². The molecular weight excluding hydrogens is 456 g/mol. The SMILES string of the molecule is [2H]CC(=O)OC[C@H]1OC(CCC(=O)OCC2CCCO2)[C@H](OC(=O)C[2H])[C@@H](OC(=O)C[2H])[C@@H]1OC(=O)C[2H]. The summed E-state index contributed by atoms with van der Waals surface area (Å²) in [6.07, 6.45) is -6.08. The van der Waals surface area contributed by atoms with E-state index in [2.05, 4.69) is 0 Å². The molecule has 2 aliphatic heterocycles. The first-order chi connectivity index (χ1) is 18.2. The molecular formula is C22H32O12. The molecule has 0 aliphatic carbocycles. The first kappa shape index (κ1) is 21.8. The topological polar surface area (TPSA) is 150 Å². The van der Waals surface area contributed by atoms with Gasteiger partial charge in [-0.15, -0.1) is 0 Å². The van der Waals surface area contributed by atoms with Gasteiger partial charge in [-0.25, -0.2) is 0 Å². The second kappa shape index (κ2) is 13.2. The molecule has 2 rings (SSSR count). The number of esters is 5. The van der Waals surface area contributed by atoms with Gasteiger partial charge in [0.15, 0.2) is 18.3 Å². The number of carbonyl (C=O) groups is 5. The Hall–Kier alpha value is -2.73. The Balaban J connectivity index is 2.28. The lowest BCUT2D eigenvalue weighted by Crippen LogP contribution is -2.62. The van der Waals surface area contributed by atoms with E-state index < -0.39 is 94.6 Å². The Morgan fingerprint density at radius 3 is 2.00 bits per heavy atom. The van der Waals surface area contributed by atoms with Crippen LogP contribution < -0.4 is 0 Å². The van der Waals surface area contributed by atoms with Crippen LogP contribution in [0, 0.1) is 0 Å². The highest BCUT2D eigenvalue weighted by Gasteiger charge is 2.51. The first-order valence-electron chi connectivity index (χ1n) is 13.4. The maximum absolute atomic E-state index is 12.4. The van der Waals surface area contributed by atoms with E-state index in [0.717, 1.165) is 12.8 Å². The zero-order valence-corrected chi connectivity index (χ0v) is 18.6. The van der Waals surface area contributed by atoms with Crippen LogP contribution in [0.3, 0.4) is 0 Å². The minimum absolute atomic E-state index is 0.0577. The number of ether oxygens (including phenoxy) is 7. The molecule has 2 aliphatic rings. The van der Waals surface area contributed by atoms with Crippen molar-refractivity contribution in [3.05, 3.63) is 0 Å². The third kappa shape index (κ3) is 8.90. The molecule has 2 saturated heterocycles. The molecule has 34 heavy (non-hydrogen) atoms. The minimum atomic E-state index is -1.58. The average Bonchev–Trinajstić information content (AvgIpc) is 3.45. The fraction of sp³-hybridized carbons (Fsp3) is 0.773. The van der Waals surface area contributed by atoms with Crippen molar-refractivity contribution in [3.63, 3.8) is 0 Å². The fourth-order valence-corrected chi connectivity index (χ4v) is 3.70. The van der Waals surface area contributed by atoms with Crippen molar-refractivity contribution in [2.45, 2.75) is 89.9 Å². The highest BCUT2D eigenvalue weighted by atomic mass is 16.7. The second-order valence-electron chi connectivity index (χ2n) is 7.62. The molecule has 12 nitrogen and oxygen atoms in total. The predicted octanol–water partition coefficient (Wildman–Crippen LogP) is 0.614. The Morgan fingerprint density at radius 1 is 0.794 bits per heavy atom. The quantitative estimate of drug-likeness (QED) is 0.310. The maximum atomic E-state index is 12.4. The monoisotopic (exact) mass is 492 g/mol. The van der Waals surface area contributed by atoms with Crippen molar-refractivity contribution < 1.29 is 62.6 Å². The number of rotatable bonds is 10. The Labute approximate surface area is 203 Å². The summed E-state index contributed by atoms with van der Waals surface area (Å²) in [5.74, 6) is -4.73. The molecule has 0 radical (unpaired) electrons. The second-order valence-corrected chi connectivity index (χ2v) is 7.62.